The molecule has 1 fully saturated rings. The Hall–Kier alpha value is -0.640. The van der Waals surface area contributed by atoms with E-state index < -0.39 is 0 Å². The largest absolute Gasteiger partial charge is 0.314 e. The molecule has 1 aromatic carbocycles. The zero-order chi connectivity index (χ0) is 13.0. The first kappa shape index (κ1) is 16.4. The SMILES string of the molecule is CCC[C@H](c1ccc(C)cc1F)N1CCNCC1.Cl. The van der Waals surface area contributed by atoms with E-state index >= 15 is 0 Å². The molecule has 108 valence electrons. The van der Waals surface area contributed by atoms with Crippen molar-refractivity contribution in [2.75, 3.05) is 26.2 Å². The fraction of sp³-hybridized carbons (Fsp3) is 0.600. The maximum Gasteiger partial charge on any atom is 0.128 e. The number of hydrogen-bond acceptors (Lipinski definition) is 2. The highest BCUT2D eigenvalue weighted by atomic mass is 35.5. The van der Waals surface area contributed by atoms with E-state index in [-0.39, 0.29) is 24.3 Å². The Balaban J connectivity index is 0.00000180. The summed E-state index contributed by atoms with van der Waals surface area (Å²) in [6.07, 6.45) is 2.11. The van der Waals surface area contributed by atoms with E-state index in [9.17, 15) is 4.39 Å². The van der Waals surface area contributed by atoms with Gasteiger partial charge in [0.1, 0.15) is 5.82 Å². The molecule has 1 heterocycles. The van der Waals surface area contributed by atoms with Gasteiger partial charge in [-0.15, -0.1) is 12.4 Å². The summed E-state index contributed by atoms with van der Waals surface area (Å²) in [6, 6.07) is 5.87. The van der Waals surface area contributed by atoms with Crippen LogP contribution in [0.25, 0.3) is 0 Å². The highest BCUT2D eigenvalue weighted by molar-refractivity contribution is 5.85. The van der Waals surface area contributed by atoms with Gasteiger partial charge in [0.25, 0.3) is 0 Å². The van der Waals surface area contributed by atoms with Gasteiger partial charge in [0, 0.05) is 37.8 Å². The molecule has 4 heteroatoms. The number of halogens is 2. The predicted molar refractivity (Wildman–Crippen MR) is 80.5 cm³/mol. The minimum absolute atomic E-state index is 0. The molecule has 1 N–H and O–H groups in total. The van der Waals surface area contributed by atoms with Gasteiger partial charge in [-0.2, -0.15) is 0 Å². The number of piperazine rings is 1. The third-order valence-electron chi connectivity index (χ3n) is 3.67. The predicted octanol–water partition coefficient (Wildman–Crippen LogP) is 3.30. The molecule has 2 nitrogen and oxygen atoms in total. The maximum absolute atomic E-state index is 14.1. The molecule has 0 aromatic heterocycles. The summed E-state index contributed by atoms with van der Waals surface area (Å²) in [5.74, 6) is -0.0491. The summed E-state index contributed by atoms with van der Waals surface area (Å²) in [5, 5.41) is 3.35. The minimum atomic E-state index is -0.0491. The van der Waals surface area contributed by atoms with Gasteiger partial charge in [-0.05, 0) is 25.0 Å². The second-order valence-corrected chi connectivity index (χ2v) is 5.12. The number of rotatable bonds is 4. The highest BCUT2D eigenvalue weighted by Gasteiger charge is 2.23. The number of nitrogens with zero attached hydrogens (tertiary/aromatic N) is 1. The van der Waals surface area contributed by atoms with Crippen LogP contribution in [0.5, 0.6) is 0 Å². The first-order chi connectivity index (χ1) is 8.72. The summed E-state index contributed by atoms with van der Waals surface area (Å²) < 4.78 is 14.1. The van der Waals surface area contributed by atoms with Crippen LogP contribution < -0.4 is 5.32 Å². The van der Waals surface area contributed by atoms with Gasteiger partial charge < -0.3 is 5.32 Å². The van der Waals surface area contributed by atoms with Crippen LogP contribution in [-0.4, -0.2) is 31.1 Å². The summed E-state index contributed by atoms with van der Waals surface area (Å²) in [4.78, 5) is 2.41. The summed E-state index contributed by atoms with van der Waals surface area (Å²) >= 11 is 0. The van der Waals surface area contributed by atoms with Crippen molar-refractivity contribution in [3.63, 3.8) is 0 Å². The average molecular weight is 287 g/mol. The van der Waals surface area contributed by atoms with E-state index in [1.807, 2.05) is 19.1 Å². The third kappa shape index (κ3) is 4.16. The second kappa shape index (κ2) is 7.83. The average Bonchev–Trinajstić information content (AvgIpc) is 2.38. The minimum Gasteiger partial charge on any atom is -0.314 e. The third-order valence-corrected chi connectivity index (χ3v) is 3.67. The molecule has 0 amide bonds. The highest BCUT2D eigenvalue weighted by Crippen LogP contribution is 2.28. The van der Waals surface area contributed by atoms with Crippen molar-refractivity contribution in [2.45, 2.75) is 32.7 Å². The number of nitrogens with one attached hydrogen (secondary N) is 1. The van der Waals surface area contributed by atoms with Gasteiger partial charge >= 0.3 is 0 Å². The van der Waals surface area contributed by atoms with Crippen LogP contribution in [0, 0.1) is 12.7 Å². The molecule has 0 saturated carbocycles. The first-order valence-corrected chi connectivity index (χ1v) is 6.93. The van der Waals surface area contributed by atoms with Crippen LogP contribution in [0.15, 0.2) is 18.2 Å². The van der Waals surface area contributed by atoms with Crippen molar-refractivity contribution in [1.82, 2.24) is 10.2 Å². The van der Waals surface area contributed by atoms with Crippen LogP contribution in [0.1, 0.15) is 36.9 Å². The quantitative estimate of drug-likeness (QED) is 0.914. The Morgan fingerprint density at radius 3 is 2.58 bits per heavy atom. The summed E-state index contributed by atoms with van der Waals surface area (Å²) in [7, 11) is 0. The fourth-order valence-electron chi connectivity index (χ4n) is 2.70. The lowest BCUT2D eigenvalue weighted by Gasteiger charge is -2.35. The first-order valence-electron chi connectivity index (χ1n) is 6.93. The molecule has 0 spiro atoms. The smallest absolute Gasteiger partial charge is 0.128 e. The maximum atomic E-state index is 14.1. The molecular weight excluding hydrogens is 263 g/mol. The van der Waals surface area contributed by atoms with Crippen LogP contribution in [0.2, 0.25) is 0 Å². The van der Waals surface area contributed by atoms with Crippen LogP contribution in [0.4, 0.5) is 4.39 Å². The Morgan fingerprint density at radius 1 is 1.32 bits per heavy atom. The molecule has 2 rings (SSSR count). The van der Waals surface area contributed by atoms with Gasteiger partial charge in [-0.3, -0.25) is 4.90 Å². The van der Waals surface area contributed by atoms with E-state index in [2.05, 4.69) is 17.1 Å². The number of benzene rings is 1. The molecule has 0 radical (unpaired) electrons. The molecular formula is C15H24ClFN2. The van der Waals surface area contributed by atoms with Crippen molar-refractivity contribution < 1.29 is 4.39 Å². The topological polar surface area (TPSA) is 15.3 Å². The van der Waals surface area contributed by atoms with Crippen molar-refractivity contribution >= 4 is 12.4 Å². The Bertz CT molecular complexity index is 392. The lowest BCUT2D eigenvalue weighted by molar-refractivity contribution is 0.161. The molecule has 1 aromatic rings. The Kier molecular flexibility index (Phi) is 6.76. The van der Waals surface area contributed by atoms with E-state index in [1.165, 1.54) is 0 Å². The van der Waals surface area contributed by atoms with Gasteiger partial charge in [0.2, 0.25) is 0 Å². The Labute approximate surface area is 121 Å². The molecule has 1 aliphatic rings. The molecule has 1 aliphatic heterocycles. The van der Waals surface area contributed by atoms with Crippen molar-refractivity contribution in [2.24, 2.45) is 0 Å². The lowest BCUT2D eigenvalue weighted by Crippen LogP contribution is -2.45. The lowest BCUT2D eigenvalue weighted by atomic mass is 9.98. The summed E-state index contributed by atoms with van der Waals surface area (Å²) in [6.45, 7) is 8.14. The van der Waals surface area contributed by atoms with E-state index in [4.69, 9.17) is 0 Å². The molecule has 19 heavy (non-hydrogen) atoms. The monoisotopic (exact) mass is 286 g/mol. The van der Waals surface area contributed by atoms with Crippen molar-refractivity contribution in [3.8, 4) is 0 Å². The van der Waals surface area contributed by atoms with Gasteiger partial charge in [-0.25, -0.2) is 4.39 Å². The number of aryl methyl sites for hydroxylation is 1. The van der Waals surface area contributed by atoms with Crippen LogP contribution in [-0.2, 0) is 0 Å². The van der Waals surface area contributed by atoms with E-state index in [1.54, 1.807) is 6.07 Å². The standard InChI is InChI=1S/C15H23FN2.ClH/c1-3-4-15(18-9-7-17-8-10-18)13-6-5-12(2)11-14(13)16;/h5-6,11,15,17H,3-4,7-10H2,1-2H3;1H/t15-;/m1./s1. The summed E-state index contributed by atoms with van der Waals surface area (Å²) in [5.41, 5.74) is 1.86. The van der Waals surface area contributed by atoms with Crippen LogP contribution >= 0.6 is 12.4 Å². The number of hydrogen-bond donors (Lipinski definition) is 1. The van der Waals surface area contributed by atoms with Gasteiger partial charge in [0.05, 0.1) is 0 Å². The van der Waals surface area contributed by atoms with E-state index in [0.717, 1.165) is 50.1 Å². The zero-order valence-corrected chi connectivity index (χ0v) is 12.6. The van der Waals surface area contributed by atoms with Crippen molar-refractivity contribution in [3.05, 3.63) is 35.1 Å². The Morgan fingerprint density at radius 2 is 2.00 bits per heavy atom. The fourth-order valence-corrected chi connectivity index (χ4v) is 2.70. The zero-order valence-electron chi connectivity index (χ0n) is 11.8. The van der Waals surface area contributed by atoms with Crippen LogP contribution in [0.3, 0.4) is 0 Å². The normalized spacial score (nSPS) is 17.8. The second-order valence-electron chi connectivity index (χ2n) is 5.12. The van der Waals surface area contributed by atoms with Gasteiger partial charge in [0.15, 0.2) is 0 Å². The molecule has 0 unspecified atom stereocenters. The molecule has 1 atom stereocenters. The van der Waals surface area contributed by atoms with Crippen molar-refractivity contribution in [1.29, 1.82) is 0 Å². The molecule has 0 bridgehead atoms. The van der Waals surface area contributed by atoms with Gasteiger partial charge in [-0.1, -0.05) is 25.5 Å². The molecule has 1 saturated heterocycles. The molecule has 0 aliphatic carbocycles. The van der Waals surface area contributed by atoms with E-state index in [0.29, 0.717) is 0 Å².